The predicted octanol–water partition coefficient (Wildman–Crippen LogP) is 3.02. The average Bonchev–Trinajstić information content (AvgIpc) is 2.81. The van der Waals surface area contributed by atoms with Gasteiger partial charge in [0.25, 0.3) is 0 Å². The van der Waals surface area contributed by atoms with Crippen LogP contribution in [0.5, 0.6) is 5.75 Å². The van der Waals surface area contributed by atoms with Gasteiger partial charge in [-0.1, -0.05) is 23.8 Å². The molecule has 2 heterocycles. The Bertz CT molecular complexity index is 899. The normalized spacial score (nSPS) is 20.1. The van der Waals surface area contributed by atoms with E-state index in [1.165, 1.54) is 22.5 Å². The quantitative estimate of drug-likeness (QED) is 0.694. The Morgan fingerprint density at radius 3 is 2.68 bits per heavy atom. The van der Waals surface area contributed by atoms with Gasteiger partial charge in [-0.05, 0) is 43.5 Å². The minimum Gasteiger partial charge on any atom is -0.497 e. The Kier molecular flexibility index (Phi) is 6.66. The van der Waals surface area contributed by atoms with Crippen molar-refractivity contribution in [3.05, 3.63) is 53.6 Å². The first kappa shape index (κ1) is 21.5. The Balaban J connectivity index is 1.59. The Morgan fingerprint density at radius 2 is 1.94 bits per heavy atom. The lowest BCUT2D eigenvalue weighted by Crippen LogP contribution is -2.61. The SMILES string of the molecule is COCCCNC(=O)[C@@H]1Cc2ccc(OC)cc2N2CCN(c3ccc(C)cc3)C[C@H]12. The van der Waals surface area contributed by atoms with E-state index in [2.05, 4.69) is 58.4 Å². The molecule has 0 radical (unpaired) electrons. The molecule has 2 aliphatic heterocycles. The number of nitrogens with one attached hydrogen (secondary N) is 1. The zero-order valence-electron chi connectivity index (χ0n) is 18.8. The molecule has 31 heavy (non-hydrogen) atoms. The van der Waals surface area contributed by atoms with Crippen LogP contribution < -0.4 is 19.9 Å². The molecule has 1 fully saturated rings. The van der Waals surface area contributed by atoms with Gasteiger partial charge in [0.2, 0.25) is 5.91 Å². The van der Waals surface area contributed by atoms with Crippen molar-refractivity contribution in [2.24, 2.45) is 5.92 Å². The molecule has 0 saturated carbocycles. The van der Waals surface area contributed by atoms with Crippen LogP contribution in [-0.4, -0.2) is 59.0 Å². The van der Waals surface area contributed by atoms with E-state index in [1.807, 2.05) is 6.07 Å². The van der Waals surface area contributed by atoms with Crippen molar-refractivity contribution in [3.63, 3.8) is 0 Å². The fourth-order valence-corrected chi connectivity index (χ4v) is 4.75. The van der Waals surface area contributed by atoms with Crippen molar-refractivity contribution in [2.75, 3.05) is 56.8 Å². The molecule has 2 aromatic carbocycles. The summed E-state index contributed by atoms with van der Waals surface area (Å²) in [6, 6.07) is 15.0. The molecule has 166 valence electrons. The first-order chi connectivity index (χ1) is 15.1. The molecule has 6 nitrogen and oxygen atoms in total. The minimum absolute atomic E-state index is 0.0864. The molecular formula is C25H33N3O3. The fourth-order valence-electron chi connectivity index (χ4n) is 4.75. The Hall–Kier alpha value is -2.73. The molecule has 0 unspecified atom stereocenters. The summed E-state index contributed by atoms with van der Waals surface area (Å²) in [5.74, 6) is 0.913. The first-order valence-electron chi connectivity index (χ1n) is 11.1. The van der Waals surface area contributed by atoms with Gasteiger partial charge >= 0.3 is 0 Å². The maximum atomic E-state index is 13.2. The smallest absolute Gasteiger partial charge is 0.225 e. The van der Waals surface area contributed by atoms with Gasteiger partial charge in [-0.3, -0.25) is 4.79 Å². The van der Waals surface area contributed by atoms with E-state index in [4.69, 9.17) is 9.47 Å². The van der Waals surface area contributed by atoms with E-state index in [1.54, 1.807) is 14.2 Å². The van der Waals surface area contributed by atoms with Gasteiger partial charge in [-0.25, -0.2) is 0 Å². The number of piperazine rings is 1. The lowest BCUT2D eigenvalue weighted by atomic mass is 9.83. The van der Waals surface area contributed by atoms with E-state index >= 15 is 0 Å². The van der Waals surface area contributed by atoms with Gasteiger partial charge in [-0.15, -0.1) is 0 Å². The highest BCUT2D eigenvalue weighted by Gasteiger charge is 2.41. The third-order valence-corrected chi connectivity index (χ3v) is 6.49. The first-order valence-corrected chi connectivity index (χ1v) is 11.1. The molecule has 0 aromatic heterocycles. The summed E-state index contributed by atoms with van der Waals surface area (Å²) in [5, 5.41) is 3.15. The standard InChI is InChI=1S/C25H33N3O3/c1-18-5-8-20(9-6-18)27-12-13-28-23-16-21(31-3)10-7-19(23)15-22(24(28)17-27)25(29)26-11-4-14-30-2/h5-10,16,22,24H,4,11-15,17H2,1-3H3,(H,26,29)/t22-,24-/m1/s1. The van der Waals surface area contributed by atoms with Gasteiger partial charge in [-0.2, -0.15) is 0 Å². The summed E-state index contributed by atoms with van der Waals surface area (Å²) in [4.78, 5) is 18.1. The fraction of sp³-hybridized carbons (Fsp3) is 0.480. The number of nitrogens with zero attached hydrogens (tertiary/aromatic N) is 2. The van der Waals surface area contributed by atoms with Gasteiger partial charge in [0.05, 0.1) is 19.1 Å². The highest BCUT2D eigenvalue weighted by molar-refractivity contribution is 5.82. The Morgan fingerprint density at radius 1 is 1.13 bits per heavy atom. The van der Waals surface area contributed by atoms with E-state index in [-0.39, 0.29) is 17.9 Å². The number of amides is 1. The molecule has 1 N–H and O–H groups in total. The van der Waals surface area contributed by atoms with Gasteiger partial charge in [0.15, 0.2) is 0 Å². The molecule has 2 atom stereocenters. The van der Waals surface area contributed by atoms with Crippen LogP contribution in [0.4, 0.5) is 11.4 Å². The van der Waals surface area contributed by atoms with Crippen molar-refractivity contribution in [3.8, 4) is 5.75 Å². The molecule has 6 heteroatoms. The van der Waals surface area contributed by atoms with Crippen LogP contribution in [0, 0.1) is 12.8 Å². The second kappa shape index (κ2) is 9.60. The minimum atomic E-state index is -0.0864. The lowest BCUT2D eigenvalue weighted by Gasteiger charge is -2.49. The van der Waals surface area contributed by atoms with E-state index in [9.17, 15) is 4.79 Å². The summed E-state index contributed by atoms with van der Waals surface area (Å²) in [6.07, 6.45) is 1.57. The van der Waals surface area contributed by atoms with Crippen molar-refractivity contribution in [1.82, 2.24) is 5.32 Å². The molecule has 2 aromatic rings. The maximum absolute atomic E-state index is 13.2. The van der Waals surface area contributed by atoms with Crippen molar-refractivity contribution in [1.29, 1.82) is 0 Å². The third kappa shape index (κ3) is 4.64. The lowest BCUT2D eigenvalue weighted by molar-refractivity contribution is -0.125. The molecule has 1 amide bonds. The van der Waals surface area contributed by atoms with Crippen molar-refractivity contribution >= 4 is 17.3 Å². The molecule has 0 bridgehead atoms. The second-order valence-corrected chi connectivity index (χ2v) is 8.48. The third-order valence-electron chi connectivity index (χ3n) is 6.49. The van der Waals surface area contributed by atoms with Crippen LogP contribution in [0.15, 0.2) is 42.5 Å². The maximum Gasteiger partial charge on any atom is 0.225 e. The topological polar surface area (TPSA) is 54.0 Å². The van der Waals surface area contributed by atoms with Crippen molar-refractivity contribution in [2.45, 2.75) is 25.8 Å². The average molecular weight is 424 g/mol. The highest BCUT2D eigenvalue weighted by Crippen LogP contribution is 2.39. The summed E-state index contributed by atoms with van der Waals surface area (Å²) in [5.41, 5.74) is 4.91. The highest BCUT2D eigenvalue weighted by atomic mass is 16.5. The van der Waals surface area contributed by atoms with Gasteiger partial charge in [0, 0.05) is 57.3 Å². The van der Waals surface area contributed by atoms with E-state index in [0.717, 1.165) is 38.2 Å². The number of ether oxygens (including phenoxy) is 2. The number of rotatable bonds is 7. The molecule has 0 spiro atoms. The largest absolute Gasteiger partial charge is 0.497 e. The molecule has 1 saturated heterocycles. The monoisotopic (exact) mass is 423 g/mol. The second-order valence-electron chi connectivity index (χ2n) is 8.48. The summed E-state index contributed by atoms with van der Waals surface area (Å²) in [6.45, 7) is 6.05. The number of carbonyl (C=O) groups is 1. The Labute approximate surface area is 185 Å². The summed E-state index contributed by atoms with van der Waals surface area (Å²) in [7, 11) is 3.39. The number of benzene rings is 2. The van der Waals surface area contributed by atoms with Crippen molar-refractivity contribution < 1.29 is 14.3 Å². The number of methoxy groups -OCH3 is 2. The number of hydrogen-bond acceptors (Lipinski definition) is 5. The van der Waals surface area contributed by atoms with Crippen LogP contribution in [0.3, 0.4) is 0 Å². The number of fused-ring (bicyclic) bond motifs is 3. The zero-order valence-corrected chi connectivity index (χ0v) is 18.8. The van der Waals surface area contributed by atoms with E-state index < -0.39 is 0 Å². The zero-order chi connectivity index (χ0) is 21.8. The van der Waals surface area contributed by atoms with Gasteiger partial charge < -0.3 is 24.6 Å². The molecular weight excluding hydrogens is 390 g/mol. The summed E-state index contributed by atoms with van der Waals surface area (Å²) < 4.78 is 10.6. The molecule has 0 aliphatic carbocycles. The molecule has 2 aliphatic rings. The van der Waals surface area contributed by atoms with Crippen LogP contribution in [0.2, 0.25) is 0 Å². The molecule has 4 rings (SSSR count). The van der Waals surface area contributed by atoms with Crippen LogP contribution >= 0.6 is 0 Å². The summed E-state index contributed by atoms with van der Waals surface area (Å²) >= 11 is 0. The number of carbonyl (C=O) groups excluding carboxylic acids is 1. The van der Waals surface area contributed by atoms with Crippen LogP contribution in [0.1, 0.15) is 17.5 Å². The van der Waals surface area contributed by atoms with Crippen LogP contribution in [0.25, 0.3) is 0 Å². The number of aryl methyl sites for hydroxylation is 1. The van der Waals surface area contributed by atoms with Crippen LogP contribution in [-0.2, 0) is 16.0 Å². The van der Waals surface area contributed by atoms with E-state index in [0.29, 0.717) is 13.2 Å². The van der Waals surface area contributed by atoms with Gasteiger partial charge in [0.1, 0.15) is 5.75 Å². The predicted molar refractivity (Wildman–Crippen MR) is 124 cm³/mol. The number of hydrogen-bond donors (Lipinski definition) is 1. The number of anilines is 2.